The first-order chi connectivity index (χ1) is 13.6. The topological polar surface area (TPSA) is 45.4 Å². The van der Waals surface area contributed by atoms with Gasteiger partial charge in [-0.05, 0) is 42.0 Å². The number of rotatable bonds is 5. The molecule has 0 amide bonds. The zero-order chi connectivity index (χ0) is 19.5. The maximum Gasteiger partial charge on any atom is 0.247 e. The molecule has 3 aromatic rings. The number of aromatic nitrogens is 2. The molecule has 146 valence electrons. The lowest BCUT2D eigenvalue weighted by Gasteiger charge is -2.34. The van der Waals surface area contributed by atoms with E-state index in [2.05, 4.69) is 20.0 Å². The van der Waals surface area contributed by atoms with Gasteiger partial charge in [-0.25, -0.2) is 4.39 Å². The van der Waals surface area contributed by atoms with Crippen LogP contribution in [-0.2, 0) is 13.1 Å². The van der Waals surface area contributed by atoms with Crippen LogP contribution in [-0.4, -0.2) is 46.2 Å². The van der Waals surface area contributed by atoms with Crippen LogP contribution >= 0.6 is 23.2 Å². The first-order valence-electron chi connectivity index (χ1n) is 9.04. The van der Waals surface area contributed by atoms with Gasteiger partial charge in [0.05, 0.1) is 6.54 Å². The van der Waals surface area contributed by atoms with Crippen molar-refractivity contribution >= 4 is 23.2 Å². The van der Waals surface area contributed by atoms with E-state index in [-0.39, 0.29) is 5.82 Å². The molecule has 0 saturated carbocycles. The van der Waals surface area contributed by atoms with Gasteiger partial charge in [0, 0.05) is 48.3 Å². The van der Waals surface area contributed by atoms with Gasteiger partial charge in [-0.15, -0.1) is 10.2 Å². The van der Waals surface area contributed by atoms with Crippen molar-refractivity contribution in [1.82, 2.24) is 20.0 Å². The number of piperazine rings is 1. The van der Waals surface area contributed by atoms with Crippen LogP contribution in [0.2, 0.25) is 10.0 Å². The molecule has 1 aromatic heterocycles. The molecule has 1 aliphatic heterocycles. The highest BCUT2D eigenvalue weighted by molar-refractivity contribution is 6.31. The molecule has 1 aliphatic rings. The summed E-state index contributed by atoms with van der Waals surface area (Å²) in [6.07, 6.45) is 0. The van der Waals surface area contributed by atoms with E-state index in [1.807, 2.05) is 12.1 Å². The molecule has 0 aliphatic carbocycles. The van der Waals surface area contributed by atoms with Gasteiger partial charge in [-0.1, -0.05) is 29.3 Å². The van der Waals surface area contributed by atoms with E-state index in [4.69, 9.17) is 27.6 Å². The molecule has 0 unspecified atom stereocenters. The second kappa shape index (κ2) is 8.57. The minimum atomic E-state index is -0.309. The molecular weight excluding hydrogens is 402 g/mol. The van der Waals surface area contributed by atoms with Crippen LogP contribution in [0.3, 0.4) is 0 Å². The molecule has 2 heterocycles. The van der Waals surface area contributed by atoms with Crippen molar-refractivity contribution in [1.29, 1.82) is 0 Å². The fraction of sp³-hybridized carbons (Fsp3) is 0.300. The smallest absolute Gasteiger partial charge is 0.247 e. The van der Waals surface area contributed by atoms with E-state index < -0.39 is 0 Å². The Morgan fingerprint density at radius 1 is 0.893 bits per heavy atom. The Bertz CT molecular complexity index is 940. The third-order valence-electron chi connectivity index (χ3n) is 4.79. The quantitative estimate of drug-likeness (QED) is 0.607. The minimum Gasteiger partial charge on any atom is -0.419 e. The van der Waals surface area contributed by atoms with Crippen molar-refractivity contribution in [3.8, 4) is 11.5 Å². The second-order valence-electron chi connectivity index (χ2n) is 6.80. The summed E-state index contributed by atoms with van der Waals surface area (Å²) in [5.74, 6) is 0.785. The summed E-state index contributed by atoms with van der Waals surface area (Å²) in [6.45, 7) is 4.90. The zero-order valence-electron chi connectivity index (χ0n) is 15.1. The monoisotopic (exact) mass is 420 g/mol. The molecule has 0 bridgehead atoms. The molecule has 2 aromatic carbocycles. The number of hydrogen-bond acceptors (Lipinski definition) is 5. The van der Waals surface area contributed by atoms with Gasteiger partial charge >= 0.3 is 0 Å². The molecule has 0 spiro atoms. The third-order valence-corrected chi connectivity index (χ3v) is 5.39. The highest BCUT2D eigenvalue weighted by Crippen LogP contribution is 2.22. The van der Waals surface area contributed by atoms with Crippen molar-refractivity contribution in [2.45, 2.75) is 13.1 Å². The summed E-state index contributed by atoms with van der Waals surface area (Å²) in [4.78, 5) is 4.59. The standard InChI is InChI=1S/C20H19Cl2FN4O/c21-16-4-1-14(2-5-16)20-25-24-19(28-20)13-27-9-7-26(8-10-27)12-15-3-6-17(23)11-18(15)22/h1-6,11H,7-10,12-13H2. The molecular formula is C20H19Cl2FN4O. The van der Waals surface area contributed by atoms with Crippen LogP contribution in [0.5, 0.6) is 0 Å². The van der Waals surface area contributed by atoms with Gasteiger partial charge in [0.2, 0.25) is 11.8 Å². The summed E-state index contributed by atoms with van der Waals surface area (Å²) >= 11 is 12.0. The molecule has 0 atom stereocenters. The molecule has 4 rings (SSSR count). The SMILES string of the molecule is Fc1ccc(CN2CCN(Cc3nnc(-c4ccc(Cl)cc4)o3)CC2)c(Cl)c1. The van der Waals surface area contributed by atoms with E-state index in [9.17, 15) is 4.39 Å². The van der Waals surface area contributed by atoms with Crippen LogP contribution in [0.1, 0.15) is 11.5 Å². The number of hydrogen-bond donors (Lipinski definition) is 0. The second-order valence-corrected chi connectivity index (χ2v) is 7.64. The predicted molar refractivity (Wildman–Crippen MR) is 107 cm³/mol. The molecule has 1 fully saturated rings. The molecule has 0 radical (unpaired) electrons. The predicted octanol–water partition coefficient (Wildman–Crippen LogP) is 4.50. The maximum absolute atomic E-state index is 13.2. The lowest BCUT2D eigenvalue weighted by Crippen LogP contribution is -2.45. The van der Waals surface area contributed by atoms with Gasteiger partial charge < -0.3 is 4.42 Å². The van der Waals surface area contributed by atoms with E-state index in [0.29, 0.717) is 34.9 Å². The fourth-order valence-electron chi connectivity index (χ4n) is 3.21. The molecule has 0 N–H and O–H groups in total. The fourth-order valence-corrected chi connectivity index (χ4v) is 3.57. The average molecular weight is 421 g/mol. The van der Waals surface area contributed by atoms with E-state index in [1.54, 1.807) is 18.2 Å². The lowest BCUT2D eigenvalue weighted by molar-refractivity contribution is 0.114. The third kappa shape index (κ3) is 4.70. The highest BCUT2D eigenvalue weighted by atomic mass is 35.5. The highest BCUT2D eigenvalue weighted by Gasteiger charge is 2.20. The van der Waals surface area contributed by atoms with E-state index in [1.165, 1.54) is 12.1 Å². The summed E-state index contributed by atoms with van der Waals surface area (Å²) in [5.41, 5.74) is 1.80. The Kier molecular flexibility index (Phi) is 5.92. The van der Waals surface area contributed by atoms with Gasteiger partial charge in [0.1, 0.15) is 5.82 Å². The van der Waals surface area contributed by atoms with Gasteiger partial charge in [-0.2, -0.15) is 0 Å². The summed E-state index contributed by atoms with van der Waals surface area (Å²) < 4.78 is 19.0. The largest absolute Gasteiger partial charge is 0.419 e. The van der Waals surface area contributed by atoms with Gasteiger partial charge in [0.15, 0.2) is 0 Å². The minimum absolute atomic E-state index is 0.309. The Morgan fingerprint density at radius 2 is 1.57 bits per heavy atom. The van der Waals surface area contributed by atoms with Crippen molar-refractivity contribution in [2.24, 2.45) is 0 Å². The molecule has 28 heavy (non-hydrogen) atoms. The molecule has 5 nitrogen and oxygen atoms in total. The normalized spacial score (nSPS) is 15.8. The van der Waals surface area contributed by atoms with Crippen molar-refractivity contribution in [3.05, 3.63) is 69.8 Å². The lowest BCUT2D eigenvalue weighted by atomic mass is 10.2. The van der Waals surface area contributed by atoms with Crippen LogP contribution in [0.25, 0.3) is 11.5 Å². The van der Waals surface area contributed by atoms with Gasteiger partial charge in [-0.3, -0.25) is 9.80 Å². The Balaban J connectivity index is 1.30. The Morgan fingerprint density at radius 3 is 2.25 bits per heavy atom. The van der Waals surface area contributed by atoms with Gasteiger partial charge in [0.25, 0.3) is 0 Å². The average Bonchev–Trinajstić information content (AvgIpc) is 3.14. The Hall–Kier alpha value is -1.99. The number of benzene rings is 2. The van der Waals surface area contributed by atoms with E-state index in [0.717, 1.165) is 37.3 Å². The van der Waals surface area contributed by atoms with Crippen molar-refractivity contribution in [2.75, 3.05) is 26.2 Å². The van der Waals surface area contributed by atoms with Crippen LogP contribution in [0, 0.1) is 5.82 Å². The van der Waals surface area contributed by atoms with E-state index >= 15 is 0 Å². The molecule has 1 saturated heterocycles. The van der Waals surface area contributed by atoms with Crippen molar-refractivity contribution in [3.63, 3.8) is 0 Å². The molecule has 8 heteroatoms. The van der Waals surface area contributed by atoms with Crippen LogP contribution < -0.4 is 0 Å². The summed E-state index contributed by atoms with van der Waals surface area (Å²) in [6, 6.07) is 11.9. The summed E-state index contributed by atoms with van der Waals surface area (Å²) in [5, 5.41) is 9.43. The zero-order valence-corrected chi connectivity index (χ0v) is 16.6. The van der Waals surface area contributed by atoms with Crippen LogP contribution in [0.4, 0.5) is 4.39 Å². The Labute approximate surface area is 172 Å². The maximum atomic E-state index is 13.2. The first kappa shape index (κ1) is 19.3. The van der Waals surface area contributed by atoms with Crippen LogP contribution in [0.15, 0.2) is 46.9 Å². The number of halogens is 3. The van der Waals surface area contributed by atoms with Crippen molar-refractivity contribution < 1.29 is 8.81 Å². The number of nitrogens with zero attached hydrogens (tertiary/aromatic N) is 4. The first-order valence-corrected chi connectivity index (χ1v) is 9.79. The summed E-state index contributed by atoms with van der Waals surface area (Å²) in [7, 11) is 0.